The van der Waals surface area contributed by atoms with Crippen LogP contribution in [0.15, 0.2) is 77.7 Å². The largest absolute Gasteiger partial charge is 0.352 e. The number of rotatable bonds is 10. The first-order valence-corrected chi connectivity index (χ1v) is 15.9. The Bertz CT molecular complexity index is 1470. The molecule has 0 radical (unpaired) electrons. The van der Waals surface area contributed by atoms with E-state index in [1.54, 1.807) is 25.1 Å². The first-order chi connectivity index (χ1) is 19.6. The normalized spacial score (nSPS) is 14.7. The molecule has 1 atom stereocenters. The first-order valence-electron chi connectivity index (χ1n) is 13.7. The van der Waals surface area contributed by atoms with Gasteiger partial charge in [-0.1, -0.05) is 72.8 Å². The van der Waals surface area contributed by atoms with Gasteiger partial charge in [0.1, 0.15) is 12.6 Å². The third-order valence-electron chi connectivity index (χ3n) is 7.50. The first kappa shape index (κ1) is 30.9. The molecule has 0 aliphatic heterocycles. The Kier molecular flexibility index (Phi) is 10.3. The molecule has 0 unspecified atom stereocenters. The van der Waals surface area contributed by atoms with Crippen LogP contribution in [0.1, 0.15) is 50.2 Å². The molecule has 7 nitrogen and oxygen atoms in total. The Balaban J connectivity index is 1.68. The van der Waals surface area contributed by atoms with Crippen LogP contribution in [0.4, 0.5) is 5.69 Å². The third-order valence-corrected chi connectivity index (χ3v) is 9.77. The van der Waals surface area contributed by atoms with Gasteiger partial charge < -0.3 is 10.2 Å². The van der Waals surface area contributed by atoms with E-state index >= 15 is 0 Å². The van der Waals surface area contributed by atoms with Crippen molar-refractivity contribution in [2.75, 3.05) is 10.8 Å². The van der Waals surface area contributed by atoms with Crippen molar-refractivity contribution in [2.24, 2.45) is 0 Å². The maximum atomic E-state index is 14.1. The summed E-state index contributed by atoms with van der Waals surface area (Å²) in [7, 11) is -4.20. The van der Waals surface area contributed by atoms with Crippen LogP contribution >= 0.6 is 23.2 Å². The molecule has 4 rings (SSSR count). The lowest BCUT2D eigenvalue weighted by atomic mass is 9.95. The lowest BCUT2D eigenvalue weighted by molar-refractivity contribution is -0.139. The van der Waals surface area contributed by atoms with E-state index in [-0.39, 0.29) is 29.1 Å². The summed E-state index contributed by atoms with van der Waals surface area (Å²) in [4.78, 5) is 28.9. The second-order valence-electron chi connectivity index (χ2n) is 10.4. The quantitative estimate of drug-likeness (QED) is 0.287. The highest BCUT2D eigenvalue weighted by atomic mass is 35.5. The van der Waals surface area contributed by atoms with Gasteiger partial charge in [-0.2, -0.15) is 0 Å². The van der Waals surface area contributed by atoms with Gasteiger partial charge in [-0.15, -0.1) is 0 Å². The average molecular weight is 617 g/mol. The monoisotopic (exact) mass is 615 g/mol. The number of carbonyl (C=O) groups excluding carboxylic acids is 2. The predicted octanol–water partition coefficient (Wildman–Crippen LogP) is 6.36. The van der Waals surface area contributed by atoms with Crippen LogP contribution in [-0.4, -0.2) is 43.8 Å². The molecule has 0 heterocycles. The highest BCUT2D eigenvalue weighted by molar-refractivity contribution is 7.92. The maximum absolute atomic E-state index is 14.1. The molecule has 10 heteroatoms. The number of nitrogens with zero attached hydrogens (tertiary/aromatic N) is 2. The lowest BCUT2D eigenvalue weighted by Gasteiger charge is -2.33. The highest BCUT2D eigenvalue weighted by Crippen LogP contribution is 2.28. The smallest absolute Gasteiger partial charge is 0.264 e. The van der Waals surface area contributed by atoms with Crippen molar-refractivity contribution in [1.29, 1.82) is 0 Å². The van der Waals surface area contributed by atoms with Crippen molar-refractivity contribution in [1.82, 2.24) is 10.2 Å². The van der Waals surface area contributed by atoms with Gasteiger partial charge in [0.25, 0.3) is 10.0 Å². The zero-order chi connectivity index (χ0) is 29.6. The van der Waals surface area contributed by atoms with Gasteiger partial charge in [0, 0.05) is 22.6 Å². The van der Waals surface area contributed by atoms with Gasteiger partial charge in [-0.3, -0.25) is 13.9 Å². The maximum Gasteiger partial charge on any atom is 0.264 e. The molecule has 2 amide bonds. The summed E-state index contributed by atoms with van der Waals surface area (Å²) >= 11 is 12.2. The lowest BCUT2D eigenvalue weighted by Crippen LogP contribution is -2.53. The van der Waals surface area contributed by atoms with Gasteiger partial charge in [-0.25, -0.2) is 8.42 Å². The number of anilines is 1. The van der Waals surface area contributed by atoms with Crippen molar-refractivity contribution in [3.8, 4) is 0 Å². The van der Waals surface area contributed by atoms with Crippen molar-refractivity contribution in [3.05, 3.63) is 94.0 Å². The number of amides is 2. The number of halogens is 2. The van der Waals surface area contributed by atoms with E-state index in [1.807, 2.05) is 31.2 Å². The molecule has 1 aliphatic carbocycles. The van der Waals surface area contributed by atoms with E-state index in [0.29, 0.717) is 10.0 Å². The Labute approximate surface area is 252 Å². The molecule has 1 saturated carbocycles. The second kappa shape index (κ2) is 13.7. The van der Waals surface area contributed by atoms with Crippen molar-refractivity contribution < 1.29 is 18.0 Å². The molecular formula is C31H35Cl2N3O4S. The number of hydrogen-bond donors (Lipinski definition) is 1. The summed E-state index contributed by atoms with van der Waals surface area (Å²) in [5, 5.41) is 3.82. The topological polar surface area (TPSA) is 86.8 Å². The SMILES string of the molecule is Cc1ccccc1CN(C(=O)CN(c1cccc(Cl)c1)S(=O)(=O)c1ccc(Cl)cc1)[C@@H](C)C(=O)NC1CCCCC1. The van der Waals surface area contributed by atoms with Gasteiger partial charge in [-0.05, 0) is 80.3 Å². The minimum absolute atomic E-state index is 0.0248. The summed E-state index contributed by atoms with van der Waals surface area (Å²) in [6.45, 7) is 3.24. The Morgan fingerprint density at radius 2 is 1.61 bits per heavy atom. The average Bonchev–Trinajstić information content (AvgIpc) is 2.95. The van der Waals surface area contributed by atoms with E-state index < -0.39 is 28.5 Å². The van der Waals surface area contributed by atoms with E-state index in [0.717, 1.165) is 47.5 Å². The van der Waals surface area contributed by atoms with E-state index in [9.17, 15) is 18.0 Å². The fourth-order valence-electron chi connectivity index (χ4n) is 5.02. The molecule has 3 aromatic carbocycles. The van der Waals surface area contributed by atoms with Crippen molar-refractivity contribution >= 4 is 50.7 Å². The van der Waals surface area contributed by atoms with Gasteiger partial charge in [0.05, 0.1) is 10.6 Å². The van der Waals surface area contributed by atoms with Crippen molar-refractivity contribution in [2.45, 2.75) is 69.5 Å². The molecule has 0 spiro atoms. The fourth-order valence-corrected chi connectivity index (χ4v) is 6.73. The number of nitrogens with one attached hydrogen (secondary N) is 1. The summed E-state index contributed by atoms with van der Waals surface area (Å²) in [5.41, 5.74) is 2.06. The zero-order valence-corrected chi connectivity index (χ0v) is 25.6. The Morgan fingerprint density at radius 3 is 2.27 bits per heavy atom. The molecule has 0 saturated heterocycles. The molecule has 1 aliphatic rings. The molecule has 1 N–H and O–H groups in total. The summed E-state index contributed by atoms with van der Waals surface area (Å²) in [5.74, 6) is -0.772. The minimum atomic E-state index is -4.20. The fraction of sp³-hybridized carbons (Fsp3) is 0.355. The molecule has 218 valence electrons. The molecule has 3 aromatic rings. The summed E-state index contributed by atoms with van der Waals surface area (Å²) in [6, 6.07) is 18.9. The van der Waals surface area contributed by atoms with Crippen LogP contribution in [0, 0.1) is 6.92 Å². The number of benzene rings is 3. The van der Waals surface area contributed by atoms with Gasteiger partial charge >= 0.3 is 0 Å². The molecule has 41 heavy (non-hydrogen) atoms. The predicted molar refractivity (Wildman–Crippen MR) is 164 cm³/mol. The summed E-state index contributed by atoms with van der Waals surface area (Å²) < 4.78 is 28.8. The van der Waals surface area contributed by atoms with Crippen LogP contribution in [-0.2, 0) is 26.2 Å². The second-order valence-corrected chi connectivity index (χ2v) is 13.1. The number of sulfonamides is 1. The van der Waals surface area contributed by atoms with Crippen LogP contribution in [0.2, 0.25) is 10.0 Å². The van der Waals surface area contributed by atoms with E-state index in [1.165, 1.54) is 35.2 Å². The van der Waals surface area contributed by atoms with Crippen LogP contribution in [0.25, 0.3) is 0 Å². The third kappa shape index (κ3) is 7.82. The standard InChI is InChI=1S/C31H35Cl2N3O4S/c1-22-9-6-7-10-24(22)20-35(23(2)31(38)34-27-12-4-3-5-13-27)30(37)21-36(28-14-8-11-26(33)19-28)41(39,40)29-17-15-25(32)16-18-29/h6-11,14-19,23,27H,3-5,12-13,20-21H2,1-2H3,(H,34,38)/t23-/m0/s1. The van der Waals surface area contributed by atoms with Gasteiger partial charge in [0.15, 0.2) is 0 Å². The highest BCUT2D eigenvalue weighted by Gasteiger charge is 2.33. The molecule has 0 bridgehead atoms. The van der Waals surface area contributed by atoms with E-state index in [2.05, 4.69) is 5.32 Å². The van der Waals surface area contributed by atoms with Crippen LogP contribution < -0.4 is 9.62 Å². The number of aryl methyl sites for hydroxylation is 1. The van der Waals surface area contributed by atoms with Crippen molar-refractivity contribution in [3.63, 3.8) is 0 Å². The Morgan fingerprint density at radius 1 is 0.927 bits per heavy atom. The van der Waals surface area contributed by atoms with Gasteiger partial charge in [0.2, 0.25) is 11.8 Å². The van der Waals surface area contributed by atoms with Crippen LogP contribution in [0.5, 0.6) is 0 Å². The number of carbonyl (C=O) groups is 2. The summed E-state index contributed by atoms with van der Waals surface area (Å²) in [6.07, 6.45) is 5.09. The molecule has 0 aromatic heterocycles. The number of hydrogen-bond acceptors (Lipinski definition) is 4. The Hall–Kier alpha value is -3.07. The zero-order valence-electron chi connectivity index (χ0n) is 23.2. The van der Waals surface area contributed by atoms with Crippen LogP contribution in [0.3, 0.4) is 0 Å². The minimum Gasteiger partial charge on any atom is -0.352 e. The molecular weight excluding hydrogens is 581 g/mol. The van der Waals surface area contributed by atoms with E-state index in [4.69, 9.17) is 23.2 Å². The molecule has 1 fully saturated rings.